The van der Waals surface area contributed by atoms with Gasteiger partial charge in [0.15, 0.2) is 9.84 Å². The lowest BCUT2D eigenvalue weighted by Crippen LogP contribution is -2.28. The van der Waals surface area contributed by atoms with Crippen LogP contribution in [0.25, 0.3) is 0 Å². The Morgan fingerprint density at radius 1 is 1.21 bits per heavy atom. The predicted molar refractivity (Wildman–Crippen MR) is 113 cm³/mol. The van der Waals surface area contributed by atoms with Crippen molar-refractivity contribution < 1.29 is 22.7 Å². The number of amides is 2. The Balaban J connectivity index is 1.64. The zero-order valence-electron chi connectivity index (χ0n) is 16.1. The molecule has 9 heteroatoms. The summed E-state index contributed by atoms with van der Waals surface area (Å²) in [5, 5.41) is 5.26. The smallest absolute Gasteiger partial charge is 0.237 e. The molecule has 0 radical (unpaired) electrons. The molecule has 3 rings (SSSR count). The SMILES string of the molecule is CCC1Sc2ccc(S(=O)(=O)CCC(=O)Nc3ccc(OC)cc3)cc2NC1=O. The lowest BCUT2D eigenvalue weighted by molar-refractivity contribution is -0.116. The molecule has 0 saturated carbocycles. The number of benzene rings is 2. The third kappa shape index (κ3) is 5.10. The summed E-state index contributed by atoms with van der Waals surface area (Å²) in [4.78, 5) is 25.1. The predicted octanol–water partition coefficient (Wildman–Crippen LogP) is 3.32. The van der Waals surface area contributed by atoms with Crippen LogP contribution in [0.1, 0.15) is 19.8 Å². The van der Waals surface area contributed by atoms with E-state index >= 15 is 0 Å². The number of anilines is 2. The number of methoxy groups -OCH3 is 1. The molecule has 0 bridgehead atoms. The number of hydrogen-bond acceptors (Lipinski definition) is 6. The minimum Gasteiger partial charge on any atom is -0.497 e. The van der Waals surface area contributed by atoms with Gasteiger partial charge in [0.1, 0.15) is 5.75 Å². The fraction of sp³-hybridized carbons (Fsp3) is 0.300. The van der Waals surface area contributed by atoms with Gasteiger partial charge in [-0.1, -0.05) is 6.92 Å². The highest BCUT2D eigenvalue weighted by Crippen LogP contribution is 2.38. The van der Waals surface area contributed by atoms with E-state index in [-0.39, 0.29) is 28.2 Å². The minimum absolute atomic E-state index is 0.0874. The first-order valence-electron chi connectivity index (χ1n) is 9.10. The molecule has 1 heterocycles. The fourth-order valence-electron chi connectivity index (χ4n) is 2.83. The lowest BCUT2D eigenvalue weighted by Gasteiger charge is -2.23. The molecule has 29 heavy (non-hydrogen) atoms. The van der Waals surface area contributed by atoms with Gasteiger partial charge in [-0.3, -0.25) is 9.59 Å². The van der Waals surface area contributed by atoms with Gasteiger partial charge in [-0.25, -0.2) is 8.42 Å². The molecule has 2 aromatic carbocycles. The second-order valence-electron chi connectivity index (χ2n) is 6.51. The third-order valence-electron chi connectivity index (χ3n) is 4.47. The largest absolute Gasteiger partial charge is 0.497 e. The standard InChI is InChI=1S/C20H22N2O5S2/c1-3-17-20(24)22-16-12-15(8-9-18(16)28-17)29(25,26)11-10-19(23)21-13-4-6-14(27-2)7-5-13/h4-9,12,17H,3,10-11H2,1-2H3,(H,21,23)(H,22,24). The zero-order chi connectivity index (χ0) is 21.0. The molecular formula is C20H22N2O5S2. The number of rotatable bonds is 7. The summed E-state index contributed by atoms with van der Waals surface area (Å²) < 4.78 is 30.3. The Labute approximate surface area is 174 Å². The van der Waals surface area contributed by atoms with E-state index in [9.17, 15) is 18.0 Å². The number of carbonyl (C=O) groups excluding carboxylic acids is 2. The van der Waals surface area contributed by atoms with Gasteiger partial charge in [0.25, 0.3) is 0 Å². The molecule has 0 saturated heterocycles. The van der Waals surface area contributed by atoms with Crippen LogP contribution in [0.5, 0.6) is 5.75 Å². The summed E-state index contributed by atoms with van der Waals surface area (Å²) in [6.07, 6.45) is 0.518. The van der Waals surface area contributed by atoms with Gasteiger partial charge >= 0.3 is 0 Å². The highest BCUT2D eigenvalue weighted by atomic mass is 32.2. The Kier molecular flexibility index (Phi) is 6.49. The fourth-order valence-corrected chi connectivity index (χ4v) is 5.12. The molecular weight excluding hydrogens is 412 g/mol. The van der Waals surface area contributed by atoms with E-state index < -0.39 is 15.7 Å². The van der Waals surface area contributed by atoms with Gasteiger partial charge in [-0.05, 0) is 48.9 Å². The van der Waals surface area contributed by atoms with E-state index in [1.54, 1.807) is 37.4 Å². The maximum Gasteiger partial charge on any atom is 0.237 e. The molecule has 1 aliphatic heterocycles. The van der Waals surface area contributed by atoms with Crippen molar-refractivity contribution in [2.75, 3.05) is 23.5 Å². The van der Waals surface area contributed by atoms with E-state index in [1.807, 2.05) is 6.92 Å². The van der Waals surface area contributed by atoms with Crippen molar-refractivity contribution in [1.29, 1.82) is 0 Å². The third-order valence-corrected chi connectivity index (χ3v) is 7.63. The van der Waals surface area contributed by atoms with Gasteiger partial charge < -0.3 is 15.4 Å². The average Bonchev–Trinajstić information content (AvgIpc) is 2.72. The Morgan fingerprint density at radius 2 is 1.93 bits per heavy atom. The molecule has 1 atom stereocenters. The molecule has 0 aromatic heterocycles. The Hall–Kier alpha value is -2.52. The van der Waals surface area contributed by atoms with Crippen molar-refractivity contribution in [1.82, 2.24) is 0 Å². The molecule has 7 nitrogen and oxygen atoms in total. The minimum atomic E-state index is -3.67. The number of fused-ring (bicyclic) bond motifs is 1. The lowest BCUT2D eigenvalue weighted by atomic mass is 10.2. The first kappa shape index (κ1) is 21.2. The second-order valence-corrected chi connectivity index (χ2v) is 9.86. The number of hydrogen-bond donors (Lipinski definition) is 2. The van der Waals surface area contributed by atoms with Gasteiger partial charge in [0, 0.05) is 17.0 Å². The van der Waals surface area contributed by atoms with Gasteiger partial charge in [-0.2, -0.15) is 0 Å². The van der Waals surface area contributed by atoms with Gasteiger partial charge in [-0.15, -0.1) is 11.8 Å². The molecule has 2 N–H and O–H groups in total. The Bertz CT molecular complexity index is 1020. The van der Waals surface area contributed by atoms with Crippen LogP contribution in [0.4, 0.5) is 11.4 Å². The van der Waals surface area contributed by atoms with Crippen LogP contribution in [0.15, 0.2) is 52.3 Å². The van der Waals surface area contributed by atoms with Crippen molar-refractivity contribution in [3.63, 3.8) is 0 Å². The molecule has 0 aliphatic carbocycles. The summed E-state index contributed by atoms with van der Waals surface area (Å²) in [7, 11) is -2.12. The summed E-state index contributed by atoms with van der Waals surface area (Å²) in [5.74, 6) is -0.190. The molecule has 0 spiro atoms. The highest BCUT2D eigenvalue weighted by molar-refractivity contribution is 8.01. The highest BCUT2D eigenvalue weighted by Gasteiger charge is 2.27. The van der Waals surface area contributed by atoms with Gasteiger partial charge in [0.2, 0.25) is 11.8 Å². The maximum atomic E-state index is 12.6. The first-order valence-corrected chi connectivity index (χ1v) is 11.6. The van der Waals surface area contributed by atoms with Crippen LogP contribution in [-0.4, -0.2) is 38.3 Å². The summed E-state index contributed by atoms with van der Waals surface area (Å²) in [5.41, 5.74) is 1.06. The van der Waals surface area contributed by atoms with Gasteiger partial charge in [0.05, 0.1) is 28.7 Å². The normalized spacial score (nSPS) is 15.9. The van der Waals surface area contributed by atoms with E-state index in [0.29, 0.717) is 23.5 Å². The van der Waals surface area contributed by atoms with E-state index in [0.717, 1.165) is 4.90 Å². The van der Waals surface area contributed by atoms with E-state index in [2.05, 4.69) is 10.6 Å². The summed E-state index contributed by atoms with van der Waals surface area (Å²) in [6, 6.07) is 11.4. The molecule has 2 aromatic rings. The van der Waals surface area contributed by atoms with Crippen LogP contribution < -0.4 is 15.4 Å². The molecule has 0 fully saturated rings. The molecule has 1 unspecified atom stereocenters. The van der Waals surface area contributed by atoms with Crippen LogP contribution >= 0.6 is 11.8 Å². The van der Waals surface area contributed by atoms with Crippen molar-refractivity contribution in [3.8, 4) is 5.75 Å². The summed E-state index contributed by atoms with van der Waals surface area (Å²) >= 11 is 1.43. The quantitative estimate of drug-likeness (QED) is 0.693. The molecule has 1 aliphatic rings. The van der Waals surface area contributed by atoms with Crippen LogP contribution in [0.3, 0.4) is 0 Å². The van der Waals surface area contributed by atoms with Crippen molar-refractivity contribution in [2.45, 2.75) is 34.8 Å². The number of ether oxygens (including phenoxy) is 1. The topological polar surface area (TPSA) is 102 Å². The molecule has 154 valence electrons. The zero-order valence-corrected chi connectivity index (χ0v) is 17.7. The number of sulfone groups is 1. The van der Waals surface area contributed by atoms with Crippen LogP contribution in [0, 0.1) is 0 Å². The second kappa shape index (κ2) is 8.87. The van der Waals surface area contributed by atoms with Crippen LogP contribution in [0.2, 0.25) is 0 Å². The van der Waals surface area contributed by atoms with E-state index in [4.69, 9.17) is 4.74 Å². The van der Waals surface area contributed by atoms with E-state index in [1.165, 1.54) is 23.9 Å². The van der Waals surface area contributed by atoms with Crippen LogP contribution in [-0.2, 0) is 19.4 Å². The number of carbonyl (C=O) groups is 2. The Morgan fingerprint density at radius 3 is 2.59 bits per heavy atom. The number of thioether (sulfide) groups is 1. The van der Waals surface area contributed by atoms with Crippen molar-refractivity contribution in [2.24, 2.45) is 0 Å². The average molecular weight is 435 g/mol. The monoisotopic (exact) mass is 434 g/mol. The van der Waals surface area contributed by atoms with Crippen molar-refractivity contribution >= 4 is 44.8 Å². The summed E-state index contributed by atoms with van der Waals surface area (Å²) in [6.45, 7) is 1.93. The van der Waals surface area contributed by atoms with Crippen molar-refractivity contribution in [3.05, 3.63) is 42.5 Å². The first-order chi connectivity index (χ1) is 13.8. The maximum absolute atomic E-state index is 12.6. The molecule has 2 amide bonds. The number of nitrogens with one attached hydrogen (secondary N) is 2.